The van der Waals surface area contributed by atoms with E-state index in [9.17, 15) is 0 Å². The summed E-state index contributed by atoms with van der Waals surface area (Å²) in [7, 11) is 0. The van der Waals surface area contributed by atoms with Crippen molar-refractivity contribution >= 4 is 84.7 Å². The number of carboxylic acid groups (broad SMARTS) is 6. The quantitative estimate of drug-likeness (QED) is 0.219. The van der Waals surface area contributed by atoms with Crippen LogP contribution in [-0.2, 0) is 28.8 Å². The summed E-state index contributed by atoms with van der Waals surface area (Å²) in [5, 5.41) is 53.6. The minimum Gasteiger partial charge on any atom is -0.543 e. The van der Waals surface area contributed by atoms with E-state index in [1.807, 2.05) is 0 Å². The van der Waals surface area contributed by atoms with Gasteiger partial charge in [-0.25, -0.2) is 0 Å². The van der Waals surface area contributed by atoms with E-state index in [2.05, 4.69) is 0 Å². The van der Waals surface area contributed by atoms with Gasteiger partial charge in [0.15, 0.2) is 0 Å². The molecular weight excluding hydrogens is 508 g/mol. The molecule has 0 bridgehead atoms. The van der Waals surface area contributed by atoms with Crippen LogP contribution in [-0.4, -0.2) is 84.7 Å². The predicted molar refractivity (Wildman–Crippen MR) is 41.5 cm³/mol. The van der Waals surface area contributed by atoms with Crippen molar-refractivity contribution < 1.29 is 59.4 Å². The van der Waals surface area contributed by atoms with Crippen molar-refractivity contribution in [1.82, 2.24) is 0 Å². The second-order valence-electron chi connectivity index (χ2n) is 1.72. The third-order valence-electron chi connectivity index (χ3n) is 0.500. The summed E-state index contributed by atoms with van der Waals surface area (Å²) in [4.78, 5) is 53.6. The molecule has 0 fully saturated rings. The van der Waals surface area contributed by atoms with Crippen LogP contribution in [0.1, 0.15) is 0 Å². The molecule has 0 aromatic rings. The summed E-state index contributed by atoms with van der Waals surface area (Å²) in [6.07, 6.45) is 0. The van der Waals surface area contributed by atoms with Crippen molar-refractivity contribution in [3.8, 4) is 0 Å². The number of carboxylic acids is 6. The Labute approximate surface area is 143 Å². The molecule has 0 aromatic carbocycles. The normalized spacial score (nSPS) is 6.60. The van der Waals surface area contributed by atoms with Gasteiger partial charge >= 0.3 is 48.9 Å². The maximum atomic E-state index is 8.93. The summed E-state index contributed by atoms with van der Waals surface area (Å²) in [6, 6.07) is 0. The van der Waals surface area contributed by atoms with Gasteiger partial charge in [-0.3, -0.25) is 0 Å². The second-order valence-corrected chi connectivity index (χ2v) is 1.72. The number of rotatable bonds is 0. The molecule has 0 aliphatic carbocycles. The van der Waals surface area contributed by atoms with Crippen LogP contribution >= 0.6 is 0 Å². The van der Waals surface area contributed by atoms with Gasteiger partial charge in [-0.2, -0.15) is 0 Å². The Kier molecular flexibility index (Phi) is 27.1. The summed E-state index contributed by atoms with van der Waals surface area (Å²) < 4.78 is 0. The SMILES string of the molecule is O=C([O-])C(=O)[O-].O=C([O-])C(=O)[O-].O=C([O-])C(=O)[O-].[Sb+3].[Sb+3]. The molecule has 14 heteroatoms. The van der Waals surface area contributed by atoms with Gasteiger partial charge in [0.25, 0.3) is 0 Å². The molecule has 0 N–H and O–H groups in total. The van der Waals surface area contributed by atoms with Crippen LogP contribution in [0.5, 0.6) is 0 Å². The Bertz CT molecular complexity index is 281. The number of hydrogen-bond donors (Lipinski definition) is 0. The molecule has 0 aliphatic rings. The van der Waals surface area contributed by atoms with Gasteiger partial charge in [0.2, 0.25) is 0 Å². The minimum atomic E-state index is -2.19. The van der Waals surface area contributed by atoms with Crippen LogP contribution in [0.25, 0.3) is 0 Å². The van der Waals surface area contributed by atoms with Crippen LogP contribution in [0.4, 0.5) is 0 Å². The van der Waals surface area contributed by atoms with Crippen LogP contribution in [0.3, 0.4) is 0 Å². The molecule has 106 valence electrons. The molecule has 0 amide bonds. The topological polar surface area (TPSA) is 241 Å². The molecule has 0 heterocycles. The first-order chi connectivity index (χ1) is 7.93. The molecule has 0 aromatic heterocycles. The van der Waals surface area contributed by atoms with Gasteiger partial charge in [-0.05, 0) is 0 Å². The first-order valence-corrected chi connectivity index (χ1v) is 3.20. The summed E-state index contributed by atoms with van der Waals surface area (Å²) in [5.74, 6) is -13.1. The van der Waals surface area contributed by atoms with Crippen LogP contribution in [0.15, 0.2) is 0 Å². The Morgan fingerprint density at radius 3 is 0.400 bits per heavy atom. The van der Waals surface area contributed by atoms with Crippen molar-refractivity contribution in [2.24, 2.45) is 0 Å². The first-order valence-electron chi connectivity index (χ1n) is 3.20. The molecule has 0 unspecified atom stereocenters. The Morgan fingerprint density at radius 2 is 0.400 bits per heavy atom. The first kappa shape index (κ1) is 31.1. The standard InChI is InChI=1S/3C2H2O4.2Sb/c3*3-1(4)2(5)6;;/h3*(H,3,4)(H,5,6);;/q;;;2*+3/p-6. The molecule has 0 aliphatic heterocycles. The van der Waals surface area contributed by atoms with Gasteiger partial charge in [-0.15, -0.1) is 0 Å². The second kappa shape index (κ2) is 17.5. The third kappa shape index (κ3) is 36.0. The van der Waals surface area contributed by atoms with Crippen molar-refractivity contribution in [3.05, 3.63) is 0 Å². The Hall–Kier alpha value is -1.54. The van der Waals surface area contributed by atoms with E-state index < -0.39 is 35.8 Å². The number of carbonyl (C=O) groups is 6. The molecule has 12 nitrogen and oxygen atoms in total. The van der Waals surface area contributed by atoms with E-state index in [4.69, 9.17) is 59.4 Å². The van der Waals surface area contributed by atoms with Crippen molar-refractivity contribution in [3.63, 3.8) is 0 Å². The van der Waals surface area contributed by atoms with Crippen LogP contribution < -0.4 is 30.6 Å². The fraction of sp³-hybridized carbons (Fsp3) is 0. The predicted octanol–water partition coefficient (Wildman–Crippen LogP) is -11.3. The molecule has 0 saturated heterocycles. The zero-order chi connectivity index (χ0) is 15.5. The van der Waals surface area contributed by atoms with Crippen molar-refractivity contribution in [1.29, 1.82) is 0 Å². The average Bonchev–Trinajstić information content (AvgIpc) is 2.18. The largest absolute Gasteiger partial charge is 3.00 e. The molecule has 0 spiro atoms. The maximum absolute atomic E-state index is 8.93. The fourth-order valence-corrected chi connectivity index (χ4v) is 0. The van der Waals surface area contributed by atoms with Crippen molar-refractivity contribution in [2.75, 3.05) is 0 Å². The summed E-state index contributed by atoms with van der Waals surface area (Å²) in [6.45, 7) is 0. The van der Waals surface area contributed by atoms with E-state index in [1.165, 1.54) is 0 Å². The van der Waals surface area contributed by atoms with E-state index in [0.717, 1.165) is 0 Å². The zero-order valence-electron chi connectivity index (χ0n) is 8.79. The number of hydrogen-bond acceptors (Lipinski definition) is 12. The summed E-state index contributed by atoms with van der Waals surface area (Å²) in [5.41, 5.74) is 0. The van der Waals surface area contributed by atoms with Gasteiger partial charge in [0.05, 0.1) is 35.8 Å². The fourth-order valence-electron chi connectivity index (χ4n) is 0. The molecule has 4 radical (unpaired) electrons. The van der Waals surface area contributed by atoms with E-state index in [1.54, 1.807) is 0 Å². The Morgan fingerprint density at radius 1 is 0.350 bits per heavy atom. The third-order valence-corrected chi connectivity index (χ3v) is 0.500. The molecule has 20 heavy (non-hydrogen) atoms. The van der Waals surface area contributed by atoms with Gasteiger partial charge in [0.1, 0.15) is 0 Å². The van der Waals surface area contributed by atoms with Crippen molar-refractivity contribution in [2.45, 2.75) is 0 Å². The maximum Gasteiger partial charge on any atom is 3.00 e. The Balaban J connectivity index is -0.0000000536. The van der Waals surface area contributed by atoms with Gasteiger partial charge < -0.3 is 59.4 Å². The van der Waals surface area contributed by atoms with Crippen LogP contribution in [0, 0.1) is 0 Å². The average molecular weight is 508 g/mol. The molecular formula is C6O12Sb2. The number of aliphatic carboxylic acids is 6. The monoisotopic (exact) mass is 506 g/mol. The van der Waals surface area contributed by atoms with Gasteiger partial charge in [-0.1, -0.05) is 0 Å². The summed E-state index contributed by atoms with van der Waals surface area (Å²) >= 11 is 0. The zero-order valence-corrected chi connectivity index (χ0v) is 13.9. The molecule has 0 saturated carbocycles. The number of carbonyl (C=O) groups excluding carboxylic acids is 6. The van der Waals surface area contributed by atoms with E-state index in [0.29, 0.717) is 0 Å². The minimum absolute atomic E-state index is 0. The smallest absolute Gasteiger partial charge is 0.543 e. The molecule has 0 rings (SSSR count). The van der Waals surface area contributed by atoms with Crippen LogP contribution in [0.2, 0.25) is 0 Å². The van der Waals surface area contributed by atoms with E-state index >= 15 is 0 Å². The van der Waals surface area contributed by atoms with E-state index in [-0.39, 0.29) is 48.9 Å². The molecule has 0 atom stereocenters. The van der Waals surface area contributed by atoms with Gasteiger partial charge in [0, 0.05) is 0 Å².